The summed E-state index contributed by atoms with van der Waals surface area (Å²) in [5.41, 5.74) is 5.97. The second-order valence-corrected chi connectivity index (χ2v) is 4.53. The lowest BCUT2D eigenvalue weighted by molar-refractivity contribution is 0.170. The second kappa shape index (κ2) is 5.21. The van der Waals surface area contributed by atoms with Crippen molar-refractivity contribution >= 4 is 17.4 Å². The predicted octanol–water partition coefficient (Wildman–Crippen LogP) is 3.05. The maximum absolute atomic E-state index is 7.29. The average Bonchev–Trinajstić information content (AvgIpc) is 2.20. The number of hydrogen-bond donors (Lipinski definition) is 2. The molecule has 0 spiro atoms. The molecule has 0 amide bonds. The third kappa shape index (κ3) is 3.14. The Labute approximate surface area is 101 Å². The van der Waals surface area contributed by atoms with Gasteiger partial charge in [0.05, 0.1) is 11.1 Å². The lowest BCUT2D eigenvalue weighted by atomic mass is 10.1. The zero-order valence-corrected chi connectivity index (χ0v) is 10.5. The van der Waals surface area contributed by atoms with Crippen LogP contribution in [0.25, 0.3) is 0 Å². The van der Waals surface area contributed by atoms with Crippen molar-refractivity contribution in [3.05, 3.63) is 28.8 Å². The van der Waals surface area contributed by atoms with Crippen LogP contribution in [0.5, 0.6) is 5.75 Å². The van der Waals surface area contributed by atoms with Crippen molar-refractivity contribution < 1.29 is 4.74 Å². The standard InChI is InChI=1S/C12H17ClN2O/c1-7(2)8(3)16-11-5-4-9(12(14)15)6-10(11)13/h4-8H,1-3H3,(H3,14,15). The van der Waals surface area contributed by atoms with Gasteiger partial charge >= 0.3 is 0 Å². The summed E-state index contributed by atoms with van der Waals surface area (Å²) < 4.78 is 5.70. The van der Waals surface area contributed by atoms with Crippen molar-refractivity contribution in [2.24, 2.45) is 11.7 Å². The van der Waals surface area contributed by atoms with Gasteiger partial charge in [0.1, 0.15) is 11.6 Å². The van der Waals surface area contributed by atoms with Crippen LogP contribution in [0.3, 0.4) is 0 Å². The molecule has 0 aliphatic heterocycles. The molecule has 1 rings (SSSR count). The van der Waals surface area contributed by atoms with Gasteiger partial charge in [-0.2, -0.15) is 0 Å². The molecule has 0 saturated heterocycles. The number of benzene rings is 1. The lowest BCUT2D eigenvalue weighted by Crippen LogP contribution is -2.19. The Morgan fingerprint density at radius 1 is 1.38 bits per heavy atom. The molecule has 3 nitrogen and oxygen atoms in total. The number of ether oxygens (including phenoxy) is 1. The maximum Gasteiger partial charge on any atom is 0.138 e. The van der Waals surface area contributed by atoms with Gasteiger partial charge in [-0.3, -0.25) is 5.41 Å². The van der Waals surface area contributed by atoms with Gasteiger partial charge in [0.2, 0.25) is 0 Å². The van der Waals surface area contributed by atoms with E-state index < -0.39 is 0 Å². The van der Waals surface area contributed by atoms with Crippen molar-refractivity contribution in [2.45, 2.75) is 26.9 Å². The molecule has 0 radical (unpaired) electrons. The SMILES string of the molecule is CC(C)C(C)Oc1ccc(C(=N)N)cc1Cl. The molecule has 3 N–H and O–H groups in total. The highest BCUT2D eigenvalue weighted by Gasteiger charge is 2.11. The number of nitrogen functional groups attached to an aromatic ring is 1. The Morgan fingerprint density at radius 3 is 2.44 bits per heavy atom. The average molecular weight is 241 g/mol. The van der Waals surface area contributed by atoms with Crippen molar-refractivity contribution in [1.29, 1.82) is 5.41 Å². The van der Waals surface area contributed by atoms with E-state index in [0.717, 1.165) is 0 Å². The minimum atomic E-state index is 0.00496. The van der Waals surface area contributed by atoms with Crippen LogP contribution in [0.15, 0.2) is 18.2 Å². The van der Waals surface area contributed by atoms with Gasteiger partial charge in [-0.25, -0.2) is 0 Å². The largest absolute Gasteiger partial charge is 0.489 e. The number of halogens is 1. The predicted molar refractivity (Wildman–Crippen MR) is 67.4 cm³/mol. The summed E-state index contributed by atoms with van der Waals surface area (Å²) in [6.45, 7) is 6.17. The minimum absolute atomic E-state index is 0.00496. The third-order valence-electron chi connectivity index (χ3n) is 2.49. The first-order chi connectivity index (χ1) is 7.41. The molecule has 1 aromatic rings. The molecule has 16 heavy (non-hydrogen) atoms. The topological polar surface area (TPSA) is 59.1 Å². The molecule has 0 heterocycles. The molecule has 0 aliphatic carbocycles. The van der Waals surface area contributed by atoms with E-state index in [1.807, 2.05) is 6.92 Å². The number of nitrogens with one attached hydrogen (secondary N) is 1. The molecular formula is C12H17ClN2O. The maximum atomic E-state index is 7.29. The van der Waals surface area contributed by atoms with E-state index in [9.17, 15) is 0 Å². The van der Waals surface area contributed by atoms with E-state index in [1.165, 1.54) is 0 Å². The van der Waals surface area contributed by atoms with Gasteiger partial charge in [-0.1, -0.05) is 25.4 Å². The number of nitrogens with two attached hydrogens (primary N) is 1. The highest BCUT2D eigenvalue weighted by atomic mass is 35.5. The summed E-state index contributed by atoms with van der Waals surface area (Å²) >= 11 is 6.05. The van der Waals surface area contributed by atoms with Crippen molar-refractivity contribution in [2.75, 3.05) is 0 Å². The molecule has 4 heteroatoms. The number of rotatable bonds is 4. The van der Waals surface area contributed by atoms with Gasteiger partial charge < -0.3 is 10.5 Å². The van der Waals surface area contributed by atoms with Crippen LogP contribution in [0.4, 0.5) is 0 Å². The lowest BCUT2D eigenvalue weighted by Gasteiger charge is -2.19. The molecule has 1 atom stereocenters. The minimum Gasteiger partial charge on any atom is -0.489 e. The Kier molecular flexibility index (Phi) is 4.19. The summed E-state index contributed by atoms with van der Waals surface area (Å²) in [5, 5.41) is 7.78. The zero-order chi connectivity index (χ0) is 12.3. The molecular weight excluding hydrogens is 224 g/mol. The molecule has 0 fully saturated rings. The quantitative estimate of drug-likeness (QED) is 0.628. The summed E-state index contributed by atoms with van der Waals surface area (Å²) in [5.74, 6) is 1.06. The van der Waals surface area contributed by atoms with Gasteiger partial charge in [-0.15, -0.1) is 0 Å². The fourth-order valence-corrected chi connectivity index (χ4v) is 1.33. The second-order valence-electron chi connectivity index (χ2n) is 4.13. The highest BCUT2D eigenvalue weighted by molar-refractivity contribution is 6.32. The normalized spacial score (nSPS) is 12.6. The first kappa shape index (κ1) is 12.8. The molecule has 0 saturated carbocycles. The van der Waals surface area contributed by atoms with Crippen LogP contribution in [-0.4, -0.2) is 11.9 Å². The van der Waals surface area contributed by atoms with Crippen LogP contribution < -0.4 is 10.5 Å². The van der Waals surface area contributed by atoms with E-state index in [1.54, 1.807) is 18.2 Å². The number of hydrogen-bond acceptors (Lipinski definition) is 2. The highest BCUT2D eigenvalue weighted by Crippen LogP contribution is 2.27. The Bertz CT molecular complexity index is 391. The van der Waals surface area contributed by atoms with Gasteiger partial charge in [0, 0.05) is 5.56 Å². The zero-order valence-electron chi connectivity index (χ0n) is 9.75. The van der Waals surface area contributed by atoms with E-state index in [0.29, 0.717) is 22.3 Å². The molecule has 88 valence electrons. The molecule has 1 unspecified atom stereocenters. The van der Waals surface area contributed by atoms with Crippen molar-refractivity contribution in [3.8, 4) is 5.75 Å². The molecule has 0 aliphatic rings. The van der Waals surface area contributed by atoms with Crippen LogP contribution in [0.1, 0.15) is 26.3 Å². The van der Waals surface area contributed by atoms with Crippen LogP contribution >= 0.6 is 11.6 Å². The summed E-state index contributed by atoms with van der Waals surface area (Å²) in [7, 11) is 0. The van der Waals surface area contributed by atoms with E-state index >= 15 is 0 Å². The first-order valence-electron chi connectivity index (χ1n) is 5.22. The van der Waals surface area contributed by atoms with Gasteiger partial charge in [-0.05, 0) is 31.0 Å². The Morgan fingerprint density at radius 2 is 2.00 bits per heavy atom. The summed E-state index contributed by atoms with van der Waals surface area (Å²) in [4.78, 5) is 0. The monoisotopic (exact) mass is 240 g/mol. The Hall–Kier alpha value is -1.22. The number of amidine groups is 1. The third-order valence-corrected chi connectivity index (χ3v) is 2.79. The van der Waals surface area contributed by atoms with Crippen molar-refractivity contribution in [3.63, 3.8) is 0 Å². The molecule has 0 aromatic heterocycles. The summed E-state index contributed by atoms with van der Waals surface area (Å²) in [6, 6.07) is 5.13. The van der Waals surface area contributed by atoms with Crippen LogP contribution in [-0.2, 0) is 0 Å². The van der Waals surface area contributed by atoms with Gasteiger partial charge in [0.25, 0.3) is 0 Å². The van der Waals surface area contributed by atoms with Crippen LogP contribution in [0, 0.1) is 11.3 Å². The smallest absolute Gasteiger partial charge is 0.138 e. The molecule has 0 bridgehead atoms. The fraction of sp³-hybridized carbons (Fsp3) is 0.417. The Balaban J connectivity index is 2.87. The summed E-state index contributed by atoms with van der Waals surface area (Å²) in [6.07, 6.45) is 0.0979. The first-order valence-corrected chi connectivity index (χ1v) is 5.60. The van der Waals surface area contributed by atoms with Crippen LogP contribution in [0.2, 0.25) is 5.02 Å². The van der Waals surface area contributed by atoms with Crippen molar-refractivity contribution in [1.82, 2.24) is 0 Å². The fourth-order valence-electron chi connectivity index (χ4n) is 1.10. The van der Waals surface area contributed by atoms with E-state index in [-0.39, 0.29) is 11.9 Å². The van der Waals surface area contributed by atoms with E-state index in [2.05, 4.69) is 13.8 Å². The van der Waals surface area contributed by atoms with Gasteiger partial charge in [0.15, 0.2) is 0 Å². The van der Waals surface area contributed by atoms with E-state index in [4.69, 9.17) is 27.5 Å². The molecule has 1 aromatic carbocycles.